The van der Waals surface area contributed by atoms with Crippen molar-refractivity contribution in [1.82, 2.24) is 14.9 Å². The van der Waals surface area contributed by atoms with E-state index in [1.54, 1.807) is 25.3 Å². The van der Waals surface area contributed by atoms with Crippen LogP contribution in [0.15, 0.2) is 23.0 Å². The zero-order valence-corrected chi connectivity index (χ0v) is 9.77. The van der Waals surface area contributed by atoms with E-state index in [-0.39, 0.29) is 18.8 Å². The second-order valence-corrected chi connectivity index (χ2v) is 3.70. The van der Waals surface area contributed by atoms with Crippen molar-refractivity contribution in [2.75, 3.05) is 13.7 Å². The fraction of sp³-hybridized carbons (Fsp3) is 0.273. The summed E-state index contributed by atoms with van der Waals surface area (Å²) in [5, 5.41) is 10.7. The number of hydrogen-bond donors (Lipinski definition) is 3. The van der Waals surface area contributed by atoms with Crippen molar-refractivity contribution in [3.8, 4) is 5.75 Å². The molecule has 0 aliphatic carbocycles. The Balaban J connectivity index is 2.33. The van der Waals surface area contributed by atoms with Gasteiger partial charge in [-0.3, -0.25) is 4.57 Å². The van der Waals surface area contributed by atoms with E-state index in [2.05, 4.69) is 10.3 Å². The van der Waals surface area contributed by atoms with E-state index in [9.17, 15) is 9.59 Å². The molecule has 0 saturated heterocycles. The molecule has 2 rings (SSSR count). The van der Waals surface area contributed by atoms with Gasteiger partial charge >= 0.3 is 11.8 Å². The summed E-state index contributed by atoms with van der Waals surface area (Å²) in [5.41, 5.74) is 1.10. The second-order valence-electron chi connectivity index (χ2n) is 3.70. The van der Waals surface area contributed by atoms with E-state index >= 15 is 0 Å². The molecule has 0 radical (unpaired) electrons. The Hall–Kier alpha value is -2.44. The van der Waals surface area contributed by atoms with Crippen LogP contribution in [0.3, 0.4) is 0 Å². The number of fused-ring (bicyclic) bond motifs is 1. The standard InChI is InChI=1S/C11H13N3O4/c1-18-7-2-3-8-9(6-7)14(10(15)13-8)5-4-12-11(16)17/h2-3,6,12H,4-5H2,1H3,(H,13,15)(H,16,17). The highest BCUT2D eigenvalue weighted by molar-refractivity contribution is 5.77. The van der Waals surface area contributed by atoms with Gasteiger partial charge in [0.05, 0.1) is 18.1 Å². The van der Waals surface area contributed by atoms with Crippen LogP contribution in [0.1, 0.15) is 0 Å². The van der Waals surface area contributed by atoms with Crippen LogP contribution in [0.2, 0.25) is 0 Å². The molecular weight excluding hydrogens is 238 g/mol. The number of nitrogens with one attached hydrogen (secondary N) is 2. The zero-order chi connectivity index (χ0) is 13.1. The Kier molecular flexibility index (Phi) is 3.22. The van der Waals surface area contributed by atoms with Gasteiger partial charge < -0.3 is 20.1 Å². The first-order chi connectivity index (χ1) is 8.61. The van der Waals surface area contributed by atoms with Gasteiger partial charge in [0.25, 0.3) is 0 Å². The minimum Gasteiger partial charge on any atom is -0.497 e. The summed E-state index contributed by atoms with van der Waals surface area (Å²) in [6.45, 7) is 0.428. The fourth-order valence-corrected chi connectivity index (χ4v) is 1.76. The molecule has 1 heterocycles. The van der Waals surface area contributed by atoms with Crippen LogP contribution >= 0.6 is 0 Å². The lowest BCUT2D eigenvalue weighted by molar-refractivity contribution is 0.194. The molecule has 18 heavy (non-hydrogen) atoms. The molecule has 0 aliphatic rings. The lowest BCUT2D eigenvalue weighted by Gasteiger charge is -2.04. The Morgan fingerprint density at radius 3 is 3.00 bits per heavy atom. The topological polar surface area (TPSA) is 96.4 Å². The summed E-state index contributed by atoms with van der Waals surface area (Å²) in [4.78, 5) is 24.7. The normalized spacial score (nSPS) is 10.5. The van der Waals surface area contributed by atoms with Crippen LogP contribution in [-0.2, 0) is 6.54 Å². The van der Waals surface area contributed by atoms with Crippen LogP contribution in [-0.4, -0.2) is 34.4 Å². The summed E-state index contributed by atoms with van der Waals surface area (Å²) in [5.74, 6) is 0.640. The quantitative estimate of drug-likeness (QED) is 0.741. The second kappa shape index (κ2) is 4.82. The Bertz CT molecular complexity index is 629. The minimum atomic E-state index is -1.11. The van der Waals surface area contributed by atoms with Gasteiger partial charge in [-0.05, 0) is 12.1 Å². The van der Waals surface area contributed by atoms with Gasteiger partial charge in [-0.2, -0.15) is 0 Å². The molecule has 1 amide bonds. The number of imidazole rings is 1. The molecule has 0 aliphatic heterocycles. The number of benzene rings is 1. The van der Waals surface area contributed by atoms with Gasteiger partial charge in [0, 0.05) is 19.2 Å². The van der Waals surface area contributed by atoms with Gasteiger partial charge in [-0.15, -0.1) is 0 Å². The van der Waals surface area contributed by atoms with Gasteiger partial charge in [0.1, 0.15) is 5.75 Å². The Morgan fingerprint density at radius 1 is 1.56 bits per heavy atom. The van der Waals surface area contributed by atoms with E-state index in [1.807, 2.05) is 0 Å². The summed E-state index contributed by atoms with van der Waals surface area (Å²) < 4.78 is 6.56. The predicted octanol–water partition coefficient (Wildman–Crippen LogP) is 0.606. The third-order valence-electron chi connectivity index (χ3n) is 2.59. The van der Waals surface area contributed by atoms with Crippen molar-refractivity contribution >= 4 is 17.1 Å². The highest BCUT2D eigenvalue weighted by atomic mass is 16.5. The SMILES string of the molecule is COc1ccc2[nH]c(=O)n(CCNC(=O)O)c2c1. The predicted molar refractivity (Wildman–Crippen MR) is 65.1 cm³/mol. The van der Waals surface area contributed by atoms with Crippen molar-refractivity contribution in [3.63, 3.8) is 0 Å². The molecule has 0 saturated carbocycles. The van der Waals surface area contributed by atoms with Gasteiger partial charge in [0.15, 0.2) is 0 Å². The van der Waals surface area contributed by atoms with Crippen molar-refractivity contribution < 1.29 is 14.6 Å². The number of nitrogens with zero attached hydrogens (tertiary/aromatic N) is 1. The number of rotatable bonds is 4. The van der Waals surface area contributed by atoms with Gasteiger partial charge in [0.2, 0.25) is 0 Å². The fourth-order valence-electron chi connectivity index (χ4n) is 1.76. The molecule has 7 heteroatoms. The third kappa shape index (κ3) is 2.29. The van der Waals surface area contributed by atoms with Gasteiger partial charge in [-0.1, -0.05) is 0 Å². The monoisotopic (exact) mass is 251 g/mol. The maximum atomic E-state index is 11.7. The number of carbonyl (C=O) groups is 1. The van der Waals surface area contributed by atoms with Crippen molar-refractivity contribution in [2.24, 2.45) is 0 Å². The first-order valence-corrected chi connectivity index (χ1v) is 5.35. The number of H-pyrrole nitrogens is 1. The zero-order valence-electron chi connectivity index (χ0n) is 9.77. The van der Waals surface area contributed by atoms with E-state index in [1.165, 1.54) is 4.57 Å². The molecule has 0 unspecified atom stereocenters. The molecule has 1 aromatic carbocycles. The van der Waals surface area contributed by atoms with Crippen molar-refractivity contribution in [2.45, 2.75) is 6.54 Å². The number of amides is 1. The number of methoxy groups -OCH3 is 1. The minimum absolute atomic E-state index is 0.166. The number of carboxylic acid groups (broad SMARTS) is 1. The molecule has 0 bridgehead atoms. The first-order valence-electron chi connectivity index (χ1n) is 5.35. The van der Waals surface area contributed by atoms with E-state index in [0.717, 1.165) is 0 Å². The first kappa shape index (κ1) is 12.0. The maximum Gasteiger partial charge on any atom is 0.404 e. The third-order valence-corrected chi connectivity index (χ3v) is 2.59. The number of aromatic nitrogens is 2. The van der Waals surface area contributed by atoms with Crippen molar-refractivity contribution in [3.05, 3.63) is 28.7 Å². The number of hydrogen-bond acceptors (Lipinski definition) is 3. The molecule has 0 atom stereocenters. The van der Waals surface area contributed by atoms with E-state index in [4.69, 9.17) is 9.84 Å². The Labute approximate surface area is 102 Å². The maximum absolute atomic E-state index is 11.7. The van der Waals surface area contributed by atoms with E-state index < -0.39 is 6.09 Å². The molecule has 2 aromatic rings. The van der Waals surface area contributed by atoms with Crippen LogP contribution in [0, 0.1) is 0 Å². The van der Waals surface area contributed by atoms with Crippen LogP contribution in [0.25, 0.3) is 11.0 Å². The lowest BCUT2D eigenvalue weighted by atomic mass is 10.3. The molecule has 1 aromatic heterocycles. The largest absolute Gasteiger partial charge is 0.497 e. The highest BCUT2D eigenvalue weighted by Gasteiger charge is 2.07. The molecule has 0 fully saturated rings. The molecule has 3 N–H and O–H groups in total. The van der Waals surface area contributed by atoms with Gasteiger partial charge in [-0.25, -0.2) is 9.59 Å². The Morgan fingerprint density at radius 2 is 2.33 bits per heavy atom. The number of ether oxygens (including phenoxy) is 1. The summed E-state index contributed by atoms with van der Waals surface area (Å²) >= 11 is 0. The number of aromatic amines is 1. The summed E-state index contributed by atoms with van der Waals surface area (Å²) in [7, 11) is 1.54. The van der Waals surface area contributed by atoms with E-state index in [0.29, 0.717) is 16.8 Å². The molecule has 0 spiro atoms. The average molecular weight is 251 g/mol. The van der Waals surface area contributed by atoms with Crippen molar-refractivity contribution in [1.29, 1.82) is 0 Å². The smallest absolute Gasteiger partial charge is 0.404 e. The molecule has 96 valence electrons. The van der Waals surface area contributed by atoms with Crippen LogP contribution in [0.4, 0.5) is 4.79 Å². The lowest BCUT2D eigenvalue weighted by Crippen LogP contribution is -2.28. The van der Waals surface area contributed by atoms with Crippen LogP contribution < -0.4 is 15.7 Å². The average Bonchev–Trinajstić information content (AvgIpc) is 2.64. The summed E-state index contributed by atoms with van der Waals surface area (Å²) in [6.07, 6.45) is -1.11. The molecular formula is C11H13N3O4. The molecule has 7 nitrogen and oxygen atoms in total. The summed E-state index contributed by atoms with van der Waals surface area (Å²) in [6, 6.07) is 5.23. The van der Waals surface area contributed by atoms with Crippen LogP contribution in [0.5, 0.6) is 5.75 Å². The highest BCUT2D eigenvalue weighted by Crippen LogP contribution is 2.17.